The SMILES string of the molecule is C#Cc1cc(OC)nc(CC2CC2)n1. The van der Waals surface area contributed by atoms with Gasteiger partial charge in [0.1, 0.15) is 11.5 Å². The highest BCUT2D eigenvalue weighted by molar-refractivity contribution is 5.29. The van der Waals surface area contributed by atoms with E-state index in [9.17, 15) is 0 Å². The zero-order chi connectivity index (χ0) is 9.97. The van der Waals surface area contributed by atoms with Crippen LogP contribution < -0.4 is 4.74 Å². The Labute approximate surface area is 83.5 Å². The van der Waals surface area contributed by atoms with E-state index >= 15 is 0 Å². The van der Waals surface area contributed by atoms with Gasteiger partial charge >= 0.3 is 0 Å². The number of terminal acetylenes is 1. The maximum Gasteiger partial charge on any atom is 0.217 e. The predicted octanol–water partition coefficient (Wildman–Crippen LogP) is 1.42. The maximum atomic E-state index is 5.29. The first-order valence-electron chi connectivity index (χ1n) is 4.70. The molecule has 0 aliphatic heterocycles. The molecule has 0 amide bonds. The number of ether oxygens (including phenoxy) is 1. The number of aromatic nitrogens is 2. The molecule has 1 aliphatic rings. The van der Waals surface area contributed by atoms with Crippen molar-refractivity contribution in [3.63, 3.8) is 0 Å². The van der Waals surface area contributed by atoms with E-state index in [0.29, 0.717) is 11.6 Å². The summed E-state index contributed by atoms with van der Waals surface area (Å²) in [4.78, 5) is 8.50. The van der Waals surface area contributed by atoms with E-state index in [2.05, 4.69) is 15.9 Å². The van der Waals surface area contributed by atoms with Crippen molar-refractivity contribution in [2.45, 2.75) is 19.3 Å². The lowest BCUT2D eigenvalue weighted by Crippen LogP contribution is -2.01. The molecule has 1 aromatic rings. The second-order valence-corrected chi connectivity index (χ2v) is 3.50. The fourth-order valence-corrected chi connectivity index (χ4v) is 1.32. The van der Waals surface area contributed by atoms with E-state index in [4.69, 9.17) is 11.2 Å². The summed E-state index contributed by atoms with van der Waals surface area (Å²) in [7, 11) is 1.59. The van der Waals surface area contributed by atoms with Crippen LogP contribution in [0.15, 0.2) is 6.07 Å². The van der Waals surface area contributed by atoms with Crippen molar-refractivity contribution in [2.24, 2.45) is 5.92 Å². The number of nitrogens with zero attached hydrogens (tertiary/aromatic N) is 2. The number of hydrogen-bond donors (Lipinski definition) is 0. The molecule has 1 fully saturated rings. The molecule has 3 nitrogen and oxygen atoms in total. The molecule has 1 heterocycles. The highest BCUT2D eigenvalue weighted by Crippen LogP contribution is 2.31. The molecule has 0 unspecified atom stereocenters. The van der Waals surface area contributed by atoms with Crippen LogP contribution in [0.2, 0.25) is 0 Å². The van der Waals surface area contributed by atoms with Crippen LogP contribution in [-0.2, 0) is 6.42 Å². The largest absolute Gasteiger partial charge is 0.481 e. The average molecular weight is 188 g/mol. The molecule has 0 saturated heterocycles. The van der Waals surface area contributed by atoms with Crippen LogP contribution in [0.1, 0.15) is 24.4 Å². The molecule has 0 bridgehead atoms. The number of hydrogen-bond acceptors (Lipinski definition) is 3. The van der Waals surface area contributed by atoms with Gasteiger partial charge in [0.25, 0.3) is 0 Å². The van der Waals surface area contributed by atoms with Gasteiger partial charge in [-0.1, -0.05) is 0 Å². The van der Waals surface area contributed by atoms with E-state index in [1.54, 1.807) is 13.2 Å². The molecule has 72 valence electrons. The van der Waals surface area contributed by atoms with Crippen LogP contribution in [0.25, 0.3) is 0 Å². The number of rotatable bonds is 3. The first kappa shape index (κ1) is 9.01. The average Bonchev–Trinajstić information content (AvgIpc) is 3.01. The Bertz CT molecular complexity index is 377. The van der Waals surface area contributed by atoms with Crippen LogP contribution in [0.4, 0.5) is 0 Å². The molecule has 14 heavy (non-hydrogen) atoms. The fourth-order valence-electron chi connectivity index (χ4n) is 1.32. The van der Waals surface area contributed by atoms with Crippen LogP contribution >= 0.6 is 0 Å². The highest BCUT2D eigenvalue weighted by atomic mass is 16.5. The van der Waals surface area contributed by atoms with Crippen LogP contribution in [-0.4, -0.2) is 17.1 Å². The van der Waals surface area contributed by atoms with Crippen LogP contribution in [0.3, 0.4) is 0 Å². The zero-order valence-corrected chi connectivity index (χ0v) is 8.16. The minimum absolute atomic E-state index is 0.559. The Kier molecular flexibility index (Phi) is 2.36. The topological polar surface area (TPSA) is 35.0 Å². The minimum Gasteiger partial charge on any atom is -0.481 e. The third kappa shape index (κ3) is 2.02. The second kappa shape index (κ2) is 3.67. The Morgan fingerprint density at radius 3 is 2.93 bits per heavy atom. The van der Waals surface area contributed by atoms with E-state index in [1.165, 1.54) is 12.8 Å². The Morgan fingerprint density at radius 1 is 1.57 bits per heavy atom. The summed E-state index contributed by atoms with van der Waals surface area (Å²) in [5, 5.41) is 0. The summed E-state index contributed by atoms with van der Waals surface area (Å²) < 4.78 is 5.05. The molecule has 0 atom stereocenters. The van der Waals surface area contributed by atoms with Crippen molar-refractivity contribution in [2.75, 3.05) is 7.11 Å². The second-order valence-electron chi connectivity index (χ2n) is 3.50. The molecule has 0 spiro atoms. The van der Waals surface area contributed by atoms with Gasteiger partial charge in [0, 0.05) is 12.5 Å². The molecule has 3 heteroatoms. The molecule has 1 aliphatic carbocycles. The molecular formula is C11H12N2O. The maximum absolute atomic E-state index is 5.29. The minimum atomic E-state index is 0.559. The van der Waals surface area contributed by atoms with Gasteiger partial charge in [0.05, 0.1) is 7.11 Å². The zero-order valence-electron chi connectivity index (χ0n) is 8.16. The van der Waals surface area contributed by atoms with Crippen LogP contribution in [0, 0.1) is 18.3 Å². The van der Waals surface area contributed by atoms with Crippen molar-refractivity contribution in [3.8, 4) is 18.2 Å². The Balaban J connectivity index is 2.24. The van der Waals surface area contributed by atoms with Crippen molar-refractivity contribution in [1.82, 2.24) is 9.97 Å². The summed E-state index contributed by atoms with van der Waals surface area (Å²) in [5.74, 6) is 4.63. The van der Waals surface area contributed by atoms with Crippen molar-refractivity contribution >= 4 is 0 Å². The standard InChI is InChI=1S/C11H12N2O/c1-3-9-7-11(14-2)13-10(12-9)6-8-4-5-8/h1,7-8H,4-6H2,2H3. The summed E-state index contributed by atoms with van der Waals surface area (Å²) in [5.41, 5.74) is 0.604. The van der Waals surface area contributed by atoms with Crippen molar-refractivity contribution in [1.29, 1.82) is 0 Å². The third-order valence-electron chi connectivity index (χ3n) is 2.27. The fraction of sp³-hybridized carbons (Fsp3) is 0.455. The van der Waals surface area contributed by atoms with Gasteiger partial charge < -0.3 is 4.74 Å². The highest BCUT2D eigenvalue weighted by Gasteiger charge is 2.23. The molecule has 1 aromatic heterocycles. The van der Waals surface area contributed by atoms with Gasteiger partial charge in [0.2, 0.25) is 5.88 Å². The van der Waals surface area contributed by atoms with E-state index in [1.807, 2.05) is 0 Å². The summed E-state index contributed by atoms with van der Waals surface area (Å²) in [6, 6.07) is 1.68. The summed E-state index contributed by atoms with van der Waals surface area (Å²) in [6.45, 7) is 0. The molecule has 0 radical (unpaired) electrons. The van der Waals surface area contributed by atoms with Gasteiger partial charge in [-0.15, -0.1) is 6.42 Å². The van der Waals surface area contributed by atoms with Crippen LogP contribution in [0.5, 0.6) is 5.88 Å². The van der Waals surface area contributed by atoms with Crippen molar-refractivity contribution < 1.29 is 4.74 Å². The molecule has 1 saturated carbocycles. The van der Waals surface area contributed by atoms with E-state index < -0.39 is 0 Å². The molecule has 0 N–H and O–H groups in total. The molecule has 0 aromatic carbocycles. The lowest BCUT2D eigenvalue weighted by atomic mass is 10.2. The number of methoxy groups -OCH3 is 1. The monoisotopic (exact) mass is 188 g/mol. The first-order chi connectivity index (χ1) is 6.81. The predicted molar refractivity (Wildman–Crippen MR) is 52.9 cm³/mol. The summed E-state index contributed by atoms with van der Waals surface area (Å²) >= 11 is 0. The molecule has 2 rings (SSSR count). The molecular weight excluding hydrogens is 176 g/mol. The quantitative estimate of drug-likeness (QED) is 0.673. The normalized spacial score (nSPS) is 14.9. The van der Waals surface area contributed by atoms with Crippen molar-refractivity contribution in [3.05, 3.63) is 17.6 Å². The van der Waals surface area contributed by atoms with Gasteiger partial charge in [-0.05, 0) is 24.7 Å². The Hall–Kier alpha value is -1.56. The van der Waals surface area contributed by atoms with Gasteiger partial charge in [-0.25, -0.2) is 4.98 Å². The van der Waals surface area contributed by atoms with E-state index in [0.717, 1.165) is 18.2 Å². The van der Waals surface area contributed by atoms with Gasteiger partial charge in [0.15, 0.2) is 0 Å². The van der Waals surface area contributed by atoms with E-state index in [-0.39, 0.29) is 0 Å². The lowest BCUT2D eigenvalue weighted by Gasteiger charge is -2.02. The third-order valence-corrected chi connectivity index (χ3v) is 2.27. The summed E-state index contributed by atoms with van der Waals surface area (Å²) in [6.07, 6.45) is 8.78. The first-order valence-corrected chi connectivity index (χ1v) is 4.70. The lowest BCUT2D eigenvalue weighted by molar-refractivity contribution is 0.394. The smallest absolute Gasteiger partial charge is 0.217 e. The van der Waals surface area contributed by atoms with Gasteiger partial charge in [-0.2, -0.15) is 4.98 Å². The Morgan fingerprint density at radius 2 is 2.36 bits per heavy atom. The van der Waals surface area contributed by atoms with Gasteiger partial charge in [-0.3, -0.25) is 0 Å².